The highest BCUT2D eigenvalue weighted by molar-refractivity contribution is 7.27. The summed E-state index contributed by atoms with van der Waals surface area (Å²) in [7, 11) is 0. The molecule has 0 aliphatic carbocycles. The van der Waals surface area contributed by atoms with E-state index < -0.39 is 0 Å². The van der Waals surface area contributed by atoms with Gasteiger partial charge < -0.3 is 9.13 Å². The smallest absolute Gasteiger partial charge is 0.101 e. The van der Waals surface area contributed by atoms with Crippen molar-refractivity contribution in [1.82, 2.24) is 9.13 Å². The zero-order chi connectivity index (χ0) is 39.8. The van der Waals surface area contributed by atoms with Gasteiger partial charge in [-0.25, -0.2) is 0 Å². The van der Waals surface area contributed by atoms with Crippen LogP contribution in [0.25, 0.3) is 95.3 Å². The van der Waals surface area contributed by atoms with Crippen LogP contribution >= 0.6 is 22.7 Å². The van der Waals surface area contributed by atoms with E-state index >= 15 is 0 Å². The summed E-state index contributed by atoms with van der Waals surface area (Å²) < 4.78 is 9.71. The van der Waals surface area contributed by atoms with Gasteiger partial charge in [-0.15, -0.1) is 22.7 Å². The molecule has 0 saturated heterocycles. The van der Waals surface area contributed by atoms with Crippen molar-refractivity contribution in [2.24, 2.45) is 0 Å². The maximum absolute atomic E-state index is 10.5. The standard InChI is InChI=1S/C52H38N4S2/c1-51(2,3)31-15-17-33-35-19-21-41-47(49(35)57-45(33)25-31)37-11-7-9-13-39(37)55(41)43-23-29(27-53)30(28-54)24-44(43)56-40-14-10-8-12-38(40)48-42(56)22-20-36-34-18-16-32(52(4,5)6)26-46(34)58-50(36)48/h7-26H,1-6H3. The fourth-order valence-electron chi connectivity index (χ4n) is 9.14. The van der Waals surface area contributed by atoms with Crippen LogP contribution in [0.3, 0.4) is 0 Å². The predicted octanol–water partition coefficient (Wildman–Crippen LogP) is 15.0. The first kappa shape index (κ1) is 34.8. The number of hydrogen-bond acceptors (Lipinski definition) is 4. The Morgan fingerprint density at radius 1 is 0.431 bits per heavy atom. The zero-order valence-electron chi connectivity index (χ0n) is 33.2. The molecule has 0 unspecified atom stereocenters. The molecule has 6 heteroatoms. The van der Waals surface area contributed by atoms with Gasteiger partial charge in [0, 0.05) is 61.9 Å². The minimum Gasteiger partial charge on any atom is -0.307 e. The van der Waals surface area contributed by atoms with Crippen LogP contribution in [0.15, 0.2) is 121 Å². The molecule has 0 atom stereocenters. The molecular weight excluding hydrogens is 745 g/mol. The fraction of sp³-hybridized carbons (Fsp3) is 0.154. The highest BCUT2D eigenvalue weighted by atomic mass is 32.1. The van der Waals surface area contributed by atoms with E-state index in [9.17, 15) is 10.5 Å². The van der Waals surface area contributed by atoms with Crippen LogP contribution < -0.4 is 0 Å². The molecule has 4 aromatic heterocycles. The third-order valence-electron chi connectivity index (χ3n) is 12.1. The minimum atomic E-state index is 0.0471. The molecular formula is C52H38N4S2. The Morgan fingerprint density at radius 3 is 1.22 bits per heavy atom. The Morgan fingerprint density at radius 2 is 0.828 bits per heavy atom. The Labute approximate surface area is 344 Å². The van der Waals surface area contributed by atoms with E-state index in [0.717, 1.165) is 44.2 Å². The van der Waals surface area contributed by atoms with Crippen molar-refractivity contribution in [2.45, 2.75) is 52.4 Å². The number of para-hydroxylation sites is 2. The molecule has 0 saturated carbocycles. The van der Waals surface area contributed by atoms with Gasteiger partial charge in [0.05, 0.1) is 44.6 Å². The highest BCUT2D eigenvalue weighted by Crippen LogP contribution is 2.48. The highest BCUT2D eigenvalue weighted by Gasteiger charge is 2.25. The van der Waals surface area contributed by atoms with Crippen LogP contribution in [-0.2, 0) is 10.8 Å². The van der Waals surface area contributed by atoms with Gasteiger partial charge in [-0.05, 0) is 70.5 Å². The summed E-state index contributed by atoms with van der Waals surface area (Å²) >= 11 is 3.71. The monoisotopic (exact) mass is 782 g/mol. The molecule has 0 aliphatic heterocycles. The second-order valence-electron chi connectivity index (χ2n) is 17.6. The van der Waals surface area contributed by atoms with Gasteiger partial charge in [-0.3, -0.25) is 0 Å². The maximum Gasteiger partial charge on any atom is 0.101 e. The summed E-state index contributed by atoms with van der Waals surface area (Å²) in [6, 6.07) is 48.7. The van der Waals surface area contributed by atoms with E-state index in [2.05, 4.69) is 172 Å². The van der Waals surface area contributed by atoms with E-state index in [0.29, 0.717) is 11.1 Å². The van der Waals surface area contributed by atoms with Crippen LogP contribution in [-0.4, -0.2) is 9.13 Å². The van der Waals surface area contributed by atoms with Crippen molar-refractivity contribution in [3.8, 4) is 23.5 Å². The number of nitrogens with zero attached hydrogens (tertiary/aromatic N) is 4. The van der Waals surface area contributed by atoms with Crippen LogP contribution in [0.1, 0.15) is 63.8 Å². The molecule has 0 N–H and O–H groups in total. The van der Waals surface area contributed by atoms with E-state index in [1.807, 2.05) is 34.8 Å². The molecule has 7 aromatic carbocycles. The van der Waals surface area contributed by atoms with Gasteiger partial charge in [-0.1, -0.05) is 114 Å². The number of thiophene rings is 2. The van der Waals surface area contributed by atoms with Crippen molar-refractivity contribution in [2.75, 3.05) is 0 Å². The minimum absolute atomic E-state index is 0.0471. The average Bonchev–Trinajstić information content (AvgIpc) is 3.96. The average molecular weight is 783 g/mol. The predicted molar refractivity (Wildman–Crippen MR) is 248 cm³/mol. The first-order valence-corrected chi connectivity index (χ1v) is 21.3. The number of nitriles is 2. The van der Waals surface area contributed by atoms with Crippen molar-refractivity contribution >= 4 is 107 Å². The van der Waals surface area contributed by atoms with Crippen molar-refractivity contribution < 1.29 is 0 Å². The third-order valence-corrected chi connectivity index (χ3v) is 14.5. The second kappa shape index (κ2) is 12.0. The first-order chi connectivity index (χ1) is 27.9. The molecule has 58 heavy (non-hydrogen) atoms. The van der Waals surface area contributed by atoms with Gasteiger partial charge in [0.15, 0.2) is 0 Å². The van der Waals surface area contributed by atoms with Crippen LogP contribution in [0.4, 0.5) is 0 Å². The molecule has 0 amide bonds. The van der Waals surface area contributed by atoms with Crippen LogP contribution in [0.2, 0.25) is 0 Å². The molecule has 4 nitrogen and oxygen atoms in total. The fourth-order valence-corrected chi connectivity index (χ4v) is 11.7. The summed E-state index contributed by atoms with van der Waals surface area (Å²) in [5.41, 5.74) is 9.38. The lowest BCUT2D eigenvalue weighted by Gasteiger charge is -2.18. The number of rotatable bonds is 2. The van der Waals surface area contributed by atoms with Crippen molar-refractivity contribution in [1.29, 1.82) is 10.5 Å². The maximum atomic E-state index is 10.5. The molecule has 0 aliphatic rings. The van der Waals surface area contributed by atoms with Gasteiger partial charge in [0.2, 0.25) is 0 Å². The van der Waals surface area contributed by atoms with E-state index in [1.165, 1.54) is 62.2 Å². The number of hydrogen-bond donors (Lipinski definition) is 0. The molecule has 0 fully saturated rings. The van der Waals surface area contributed by atoms with Gasteiger partial charge in [0.25, 0.3) is 0 Å². The Bertz CT molecular complexity index is 3430. The normalized spacial score (nSPS) is 12.6. The Balaban J connectivity index is 1.26. The molecule has 4 heterocycles. The number of aromatic nitrogens is 2. The summed E-state index contributed by atoms with van der Waals surface area (Å²) in [6.45, 7) is 13.6. The van der Waals surface area contributed by atoms with E-state index in [4.69, 9.17) is 0 Å². The van der Waals surface area contributed by atoms with Crippen LogP contribution in [0.5, 0.6) is 0 Å². The Kier molecular flexibility index (Phi) is 7.22. The lowest BCUT2D eigenvalue weighted by molar-refractivity contribution is 0.591. The summed E-state index contributed by atoms with van der Waals surface area (Å²) in [5.74, 6) is 0. The molecule has 0 bridgehead atoms. The Hall–Kier alpha value is -6.44. The van der Waals surface area contributed by atoms with Crippen molar-refractivity contribution in [3.63, 3.8) is 0 Å². The molecule has 11 aromatic rings. The number of fused-ring (bicyclic) bond motifs is 14. The summed E-state index contributed by atoms with van der Waals surface area (Å²) in [5, 5.41) is 30.8. The molecule has 0 radical (unpaired) electrons. The molecule has 278 valence electrons. The third kappa shape index (κ3) is 4.83. The van der Waals surface area contributed by atoms with Gasteiger partial charge in [0.1, 0.15) is 12.1 Å². The van der Waals surface area contributed by atoms with E-state index in [-0.39, 0.29) is 10.8 Å². The number of benzene rings is 7. The molecule has 0 spiro atoms. The first-order valence-electron chi connectivity index (χ1n) is 19.7. The van der Waals surface area contributed by atoms with Gasteiger partial charge in [-0.2, -0.15) is 10.5 Å². The topological polar surface area (TPSA) is 57.4 Å². The SMILES string of the molecule is CC(C)(C)c1ccc2c(c1)sc1c2ccc2c1c1ccccc1n2-c1cc(C#N)c(C#N)cc1-n1c2ccccc2c2c3sc4cc(C(C)(C)C)ccc4c3ccc21. The largest absolute Gasteiger partial charge is 0.307 e. The van der Waals surface area contributed by atoms with Crippen LogP contribution in [0, 0.1) is 22.7 Å². The lowest BCUT2D eigenvalue weighted by Crippen LogP contribution is -2.10. The second-order valence-corrected chi connectivity index (χ2v) is 19.7. The lowest BCUT2D eigenvalue weighted by atomic mass is 9.87. The summed E-state index contributed by atoms with van der Waals surface area (Å²) in [4.78, 5) is 0. The zero-order valence-corrected chi connectivity index (χ0v) is 34.8. The quantitative estimate of drug-likeness (QED) is 0.175. The van der Waals surface area contributed by atoms with Gasteiger partial charge >= 0.3 is 0 Å². The molecule has 11 rings (SSSR count). The van der Waals surface area contributed by atoms with E-state index in [1.54, 1.807) is 0 Å². The van der Waals surface area contributed by atoms with Crippen molar-refractivity contribution in [3.05, 3.63) is 144 Å². The summed E-state index contributed by atoms with van der Waals surface area (Å²) in [6.07, 6.45) is 0.